The van der Waals surface area contributed by atoms with Crippen LogP contribution >= 0.6 is 11.3 Å². The number of hydrogen-bond acceptors (Lipinski definition) is 4. The zero-order valence-electron chi connectivity index (χ0n) is 17.3. The Hall–Kier alpha value is -2.47. The van der Waals surface area contributed by atoms with E-state index in [-0.39, 0.29) is 36.5 Å². The fraction of sp³-hybridized carbons (Fsp3) is 0.435. The number of aryl methyl sites for hydroxylation is 3. The van der Waals surface area contributed by atoms with Crippen molar-refractivity contribution in [2.24, 2.45) is 0 Å². The third kappa shape index (κ3) is 5.32. The van der Waals surface area contributed by atoms with Crippen LogP contribution in [0.1, 0.15) is 61.7 Å². The van der Waals surface area contributed by atoms with Crippen LogP contribution in [0.3, 0.4) is 0 Å². The first kappa shape index (κ1) is 21.2. The van der Waals surface area contributed by atoms with Gasteiger partial charge in [0.2, 0.25) is 5.91 Å². The minimum absolute atomic E-state index is 0.0200. The van der Waals surface area contributed by atoms with Gasteiger partial charge in [0.25, 0.3) is 5.91 Å². The Kier molecular flexibility index (Phi) is 6.85. The zero-order valence-corrected chi connectivity index (χ0v) is 18.1. The van der Waals surface area contributed by atoms with Gasteiger partial charge in [-0.05, 0) is 51.3 Å². The van der Waals surface area contributed by atoms with E-state index >= 15 is 0 Å². The smallest absolute Gasteiger partial charge is 0.251 e. The van der Waals surface area contributed by atoms with Gasteiger partial charge in [-0.3, -0.25) is 14.4 Å². The number of hydrogen-bond donors (Lipinski definition) is 1. The first-order valence-electron chi connectivity index (χ1n) is 10.1. The summed E-state index contributed by atoms with van der Waals surface area (Å²) < 4.78 is 0. The molecule has 1 aliphatic rings. The van der Waals surface area contributed by atoms with Crippen LogP contribution in [0, 0.1) is 20.8 Å². The highest BCUT2D eigenvalue weighted by Crippen LogP contribution is 2.22. The second-order valence-corrected chi connectivity index (χ2v) is 9.15. The van der Waals surface area contributed by atoms with Crippen molar-refractivity contribution >= 4 is 28.9 Å². The molecule has 1 N–H and O–H groups in total. The molecular formula is C23H28N2O3S. The molecule has 6 heteroatoms. The molecule has 2 heterocycles. The van der Waals surface area contributed by atoms with Crippen molar-refractivity contribution in [2.75, 3.05) is 13.1 Å². The molecule has 0 atom stereocenters. The molecule has 154 valence electrons. The number of nitrogens with zero attached hydrogens (tertiary/aromatic N) is 1. The summed E-state index contributed by atoms with van der Waals surface area (Å²) >= 11 is 1.61. The van der Waals surface area contributed by atoms with E-state index in [1.165, 1.54) is 0 Å². The topological polar surface area (TPSA) is 66.5 Å². The second-order valence-electron chi connectivity index (χ2n) is 7.69. The fourth-order valence-electron chi connectivity index (χ4n) is 3.78. The Morgan fingerprint density at radius 2 is 1.72 bits per heavy atom. The van der Waals surface area contributed by atoms with Gasteiger partial charge in [-0.1, -0.05) is 18.2 Å². The van der Waals surface area contributed by atoms with E-state index in [9.17, 15) is 14.4 Å². The molecule has 29 heavy (non-hydrogen) atoms. The maximum Gasteiger partial charge on any atom is 0.251 e. The normalized spacial score (nSPS) is 14.7. The van der Waals surface area contributed by atoms with E-state index in [4.69, 9.17) is 0 Å². The number of carbonyl (C=O) groups excluding carboxylic acids is 3. The third-order valence-corrected chi connectivity index (χ3v) is 6.45. The first-order valence-corrected chi connectivity index (χ1v) is 10.9. The quantitative estimate of drug-likeness (QED) is 0.728. The van der Waals surface area contributed by atoms with Gasteiger partial charge >= 0.3 is 0 Å². The van der Waals surface area contributed by atoms with Crippen molar-refractivity contribution < 1.29 is 14.4 Å². The van der Waals surface area contributed by atoms with E-state index in [0.717, 1.165) is 33.7 Å². The summed E-state index contributed by atoms with van der Waals surface area (Å²) in [5, 5.41) is 3.09. The second kappa shape index (κ2) is 9.35. The Morgan fingerprint density at radius 1 is 1.03 bits per heavy atom. The lowest BCUT2D eigenvalue weighted by atomic mass is 10.0. The molecule has 1 aromatic carbocycles. The summed E-state index contributed by atoms with van der Waals surface area (Å²) in [6.45, 7) is 7.09. The van der Waals surface area contributed by atoms with E-state index < -0.39 is 0 Å². The predicted molar refractivity (Wildman–Crippen MR) is 116 cm³/mol. The van der Waals surface area contributed by atoms with Gasteiger partial charge in [0.1, 0.15) is 0 Å². The number of piperidine rings is 1. The lowest BCUT2D eigenvalue weighted by molar-refractivity contribution is -0.132. The van der Waals surface area contributed by atoms with Crippen molar-refractivity contribution in [2.45, 2.75) is 52.5 Å². The molecule has 5 nitrogen and oxygen atoms in total. The van der Waals surface area contributed by atoms with Gasteiger partial charge in [-0.2, -0.15) is 0 Å². The summed E-state index contributed by atoms with van der Waals surface area (Å²) in [5.74, 6) is 0.00659. The maximum atomic E-state index is 12.5. The highest BCUT2D eigenvalue weighted by atomic mass is 32.1. The van der Waals surface area contributed by atoms with Gasteiger partial charge in [0.05, 0.1) is 0 Å². The summed E-state index contributed by atoms with van der Waals surface area (Å²) in [7, 11) is 0. The van der Waals surface area contributed by atoms with Crippen LogP contribution in [0.4, 0.5) is 0 Å². The minimum atomic E-state index is -0.0556. The minimum Gasteiger partial charge on any atom is -0.349 e. The summed E-state index contributed by atoms with van der Waals surface area (Å²) in [6, 6.07) is 9.53. The first-order chi connectivity index (χ1) is 13.8. The van der Waals surface area contributed by atoms with Crippen molar-refractivity contribution in [3.8, 4) is 0 Å². The highest BCUT2D eigenvalue weighted by molar-refractivity contribution is 7.12. The average molecular weight is 413 g/mol. The fourth-order valence-corrected chi connectivity index (χ4v) is 4.73. The molecular weight excluding hydrogens is 384 g/mol. The summed E-state index contributed by atoms with van der Waals surface area (Å²) in [4.78, 5) is 41.3. The SMILES string of the molecule is Cc1cc(C(=O)CCC(=O)N2CCC(NC(=O)c3ccccc3C)CC2)c(C)s1. The number of ketones is 1. The van der Waals surface area contributed by atoms with Crippen LogP contribution in [0.2, 0.25) is 0 Å². The molecule has 0 unspecified atom stereocenters. The molecule has 0 radical (unpaired) electrons. The molecule has 2 aromatic rings. The number of benzene rings is 1. The van der Waals surface area contributed by atoms with Crippen LogP contribution < -0.4 is 5.32 Å². The van der Waals surface area contributed by atoms with Gasteiger partial charge in [-0.15, -0.1) is 11.3 Å². The largest absolute Gasteiger partial charge is 0.349 e. The Labute approximate surface area is 176 Å². The highest BCUT2D eigenvalue weighted by Gasteiger charge is 2.25. The van der Waals surface area contributed by atoms with Gasteiger partial charge in [0.15, 0.2) is 5.78 Å². The number of nitrogens with one attached hydrogen (secondary N) is 1. The Balaban J connectivity index is 1.44. The number of thiophene rings is 1. The molecule has 3 rings (SSSR count). The van der Waals surface area contributed by atoms with E-state index in [1.54, 1.807) is 11.3 Å². The third-order valence-electron chi connectivity index (χ3n) is 5.48. The average Bonchev–Trinajstić information content (AvgIpc) is 3.04. The van der Waals surface area contributed by atoms with Crippen molar-refractivity contribution in [3.05, 3.63) is 56.8 Å². The van der Waals surface area contributed by atoms with E-state index in [2.05, 4.69) is 5.32 Å². The lowest BCUT2D eigenvalue weighted by Crippen LogP contribution is -2.46. The monoisotopic (exact) mass is 412 g/mol. The van der Waals surface area contributed by atoms with Crippen LogP contribution in [-0.4, -0.2) is 41.6 Å². The van der Waals surface area contributed by atoms with Crippen LogP contribution in [0.15, 0.2) is 30.3 Å². The molecule has 0 spiro atoms. The number of rotatable bonds is 6. The van der Waals surface area contributed by atoms with Crippen LogP contribution in [0.25, 0.3) is 0 Å². The van der Waals surface area contributed by atoms with E-state index in [1.807, 2.05) is 56.0 Å². The maximum absolute atomic E-state index is 12.5. The molecule has 1 aromatic heterocycles. The van der Waals surface area contributed by atoms with Crippen molar-refractivity contribution in [1.29, 1.82) is 0 Å². The van der Waals surface area contributed by atoms with Crippen molar-refractivity contribution in [1.82, 2.24) is 10.2 Å². The lowest BCUT2D eigenvalue weighted by Gasteiger charge is -2.32. The van der Waals surface area contributed by atoms with Gasteiger partial charge in [-0.25, -0.2) is 0 Å². The standard InChI is InChI=1S/C23H28N2O3S/c1-15-6-4-5-7-19(15)23(28)24-18-10-12-25(13-11-18)22(27)9-8-21(26)20-14-16(2)29-17(20)3/h4-7,14,18H,8-13H2,1-3H3,(H,24,28). The molecule has 1 aliphatic heterocycles. The number of likely N-dealkylation sites (tertiary alicyclic amines) is 1. The summed E-state index contributed by atoms with van der Waals surface area (Å²) in [5.41, 5.74) is 2.40. The Morgan fingerprint density at radius 3 is 2.34 bits per heavy atom. The zero-order chi connectivity index (χ0) is 21.0. The Bertz CT molecular complexity index is 911. The number of carbonyl (C=O) groups is 3. The molecule has 0 saturated carbocycles. The van der Waals surface area contributed by atoms with Crippen molar-refractivity contribution in [3.63, 3.8) is 0 Å². The number of Topliss-reactive ketones (excluding diaryl/α,β-unsaturated/α-hetero) is 1. The van der Waals surface area contributed by atoms with E-state index in [0.29, 0.717) is 18.7 Å². The molecule has 1 fully saturated rings. The predicted octanol–water partition coefficient (Wildman–Crippen LogP) is 4.06. The summed E-state index contributed by atoms with van der Waals surface area (Å²) in [6.07, 6.45) is 1.97. The van der Waals surface area contributed by atoms with Crippen LogP contribution in [-0.2, 0) is 4.79 Å². The van der Waals surface area contributed by atoms with Gasteiger partial charge < -0.3 is 10.2 Å². The number of amides is 2. The van der Waals surface area contributed by atoms with Crippen LogP contribution in [0.5, 0.6) is 0 Å². The van der Waals surface area contributed by atoms with Gasteiger partial charge in [0, 0.05) is 52.9 Å². The molecule has 0 bridgehead atoms. The molecule has 2 amide bonds. The molecule has 0 aliphatic carbocycles. The molecule has 1 saturated heterocycles.